The molecule has 3 heterocycles. The van der Waals surface area contributed by atoms with Crippen molar-refractivity contribution < 1.29 is 4.74 Å². The van der Waals surface area contributed by atoms with Crippen LogP contribution >= 0.6 is 12.2 Å². The number of rotatable bonds is 6. The van der Waals surface area contributed by atoms with E-state index in [4.69, 9.17) is 17.0 Å². The second kappa shape index (κ2) is 8.81. The lowest BCUT2D eigenvalue weighted by Gasteiger charge is -2.28. The van der Waals surface area contributed by atoms with Crippen LogP contribution in [0.15, 0.2) is 48.7 Å². The van der Waals surface area contributed by atoms with Crippen LogP contribution in [0.1, 0.15) is 45.9 Å². The summed E-state index contributed by atoms with van der Waals surface area (Å²) in [6.45, 7) is 10.1. The first kappa shape index (κ1) is 21.5. The number of nitrogens with zero attached hydrogens (tertiary/aromatic N) is 3. The van der Waals surface area contributed by atoms with E-state index in [0.29, 0.717) is 6.61 Å². The molecule has 162 valence electrons. The Kier molecular flexibility index (Phi) is 6.12. The van der Waals surface area contributed by atoms with Gasteiger partial charge in [-0.2, -0.15) is 0 Å². The zero-order valence-electron chi connectivity index (χ0n) is 18.8. The largest absolute Gasteiger partial charge is 0.383 e. The number of hydrogen-bond acceptors (Lipinski definition) is 3. The quantitative estimate of drug-likeness (QED) is 0.569. The maximum absolute atomic E-state index is 5.75. The third kappa shape index (κ3) is 3.86. The van der Waals surface area contributed by atoms with Gasteiger partial charge in [0.05, 0.1) is 30.1 Å². The molecule has 6 heteroatoms. The van der Waals surface area contributed by atoms with Crippen molar-refractivity contribution in [3.63, 3.8) is 0 Å². The second-order valence-electron chi connectivity index (χ2n) is 8.22. The van der Waals surface area contributed by atoms with Gasteiger partial charge in [0.25, 0.3) is 0 Å². The van der Waals surface area contributed by atoms with Crippen molar-refractivity contribution in [2.45, 2.75) is 39.8 Å². The molecule has 0 aliphatic carbocycles. The average molecular weight is 435 g/mol. The maximum atomic E-state index is 5.75. The standard InChI is InChI=1S/C25H30N4OS/c1-16-9-8-10-17(2)23(16)29-18(3)15-20(19(29)4)24-22(21-11-6-7-12-26-21)27-25(31)28(24)13-14-30-5/h6-12,15,22,24H,13-14H2,1-5H3,(H,27,31). The number of aromatic nitrogens is 2. The van der Waals surface area contributed by atoms with Gasteiger partial charge in [0.15, 0.2) is 5.11 Å². The van der Waals surface area contributed by atoms with Gasteiger partial charge in [0.1, 0.15) is 0 Å². The number of ether oxygens (including phenoxy) is 1. The summed E-state index contributed by atoms with van der Waals surface area (Å²) < 4.78 is 7.77. The van der Waals surface area contributed by atoms with Gasteiger partial charge in [-0.05, 0) is 74.8 Å². The number of benzene rings is 1. The number of hydrogen-bond donors (Lipinski definition) is 1. The van der Waals surface area contributed by atoms with Crippen molar-refractivity contribution in [1.82, 2.24) is 19.8 Å². The molecule has 1 N–H and O–H groups in total. The number of pyridine rings is 1. The average Bonchev–Trinajstić information content (AvgIpc) is 3.23. The van der Waals surface area contributed by atoms with Crippen molar-refractivity contribution in [3.8, 4) is 5.69 Å². The molecule has 1 aliphatic rings. The zero-order chi connectivity index (χ0) is 22.1. The van der Waals surface area contributed by atoms with Crippen LogP contribution in [0.3, 0.4) is 0 Å². The van der Waals surface area contributed by atoms with Crippen molar-refractivity contribution in [3.05, 3.63) is 82.4 Å². The molecule has 5 nitrogen and oxygen atoms in total. The van der Waals surface area contributed by atoms with Crippen LogP contribution in [-0.2, 0) is 4.74 Å². The molecule has 1 fully saturated rings. The monoisotopic (exact) mass is 434 g/mol. The summed E-state index contributed by atoms with van der Waals surface area (Å²) in [7, 11) is 1.73. The highest BCUT2D eigenvalue weighted by Crippen LogP contribution is 2.41. The first-order valence-electron chi connectivity index (χ1n) is 10.7. The fraction of sp³-hybridized carbons (Fsp3) is 0.360. The minimum Gasteiger partial charge on any atom is -0.383 e. The van der Waals surface area contributed by atoms with Crippen molar-refractivity contribution in [1.29, 1.82) is 0 Å². The predicted molar refractivity (Wildman–Crippen MR) is 129 cm³/mol. The predicted octanol–water partition coefficient (Wildman–Crippen LogP) is 4.72. The highest BCUT2D eigenvalue weighted by molar-refractivity contribution is 7.80. The Bertz CT molecular complexity index is 1070. The van der Waals surface area contributed by atoms with E-state index in [9.17, 15) is 0 Å². The number of para-hydroxylation sites is 1. The Morgan fingerprint density at radius 1 is 1.06 bits per heavy atom. The van der Waals surface area contributed by atoms with Crippen LogP contribution in [0, 0.1) is 27.7 Å². The summed E-state index contributed by atoms with van der Waals surface area (Å²) in [6.07, 6.45) is 1.84. The van der Waals surface area contributed by atoms with Crippen molar-refractivity contribution >= 4 is 17.3 Å². The number of methoxy groups -OCH3 is 1. The molecule has 0 spiro atoms. The number of aryl methyl sites for hydroxylation is 3. The Hall–Kier alpha value is -2.70. The van der Waals surface area contributed by atoms with Gasteiger partial charge in [0, 0.05) is 31.2 Å². The first-order chi connectivity index (χ1) is 14.9. The molecule has 0 amide bonds. The van der Waals surface area contributed by atoms with E-state index >= 15 is 0 Å². The van der Waals surface area contributed by atoms with E-state index < -0.39 is 0 Å². The van der Waals surface area contributed by atoms with Gasteiger partial charge in [-0.25, -0.2) is 0 Å². The molecule has 0 bridgehead atoms. The summed E-state index contributed by atoms with van der Waals surface area (Å²) in [5, 5.41) is 4.27. The topological polar surface area (TPSA) is 42.3 Å². The molecule has 0 saturated carbocycles. The zero-order valence-corrected chi connectivity index (χ0v) is 19.7. The Morgan fingerprint density at radius 3 is 2.45 bits per heavy atom. The van der Waals surface area contributed by atoms with Gasteiger partial charge < -0.3 is 19.5 Å². The number of thiocarbonyl (C=S) groups is 1. The van der Waals surface area contributed by atoms with Gasteiger partial charge in [0.2, 0.25) is 0 Å². The van der Waals surface area contributed by atoms with Crippen molar-refractivity contribution in [2.24, 2.45) is 0 Å². The maximum Gasteiger partial charge on any atom is 0.170 e. The summed E-state index contributed by atoms with van der Waals surface area (Å²) in [4.78, 5) is 6.89. The lowest BCUT2D eigenvalue weighted by atomic mass is 9.96. The Labute approximate surface area is 190 Å². The first-order valence-corrected chi connectivity index (χ1v) is 11.1. The molecule has 3 aromatic rings. The molecule has 0 radical (unpaired) electrons. The molecule has 31 heavy (non-hydrogen) atoms. The van der Waals surface area contributed by atoms with Gasteiger partial charge >= 0.3 is 0 Å². The fourth-order valence-electron chi connectivity index (χ4n) is 4.76. The van der Waals surface area contributed by atoms with E-state index in [-0.39, 0.29) is 12.1 Å². The van der Waals surface area contributed by atoms with Gasteiger partial charge in [-0.1, -0.05) is 24.3 Å². The summed E-state index contributed by atoms with van der Waals surface area (Å²) in [6, 6.07) is 14.8. The Balaban J connectivity index is 1.86. The second-order valence-corrected chi connectivity index (χ2v) is 8.60. The third-order valence-corrected chi connectivity index (χ3v) is 6.54. The van der Waals surface area contributed by atoms with Crippen molar-refractivity contribution in [2.75, 3.05) is 20.3 Å². The van der Waals surface area contributed by atoms with Crippen LogP contribution in [0.5, 0.6) is 0 Å². The fourth-order valence-corrected chi connectivity index (χ4v) is 5.10. The van der Waals surface area contributed by atoms with Crippen LogP contribution in [0.2, 0.25) is 0 Å². The van der Waals surface area contributed by atoms with E-state index in [0.717, 1.165) is 17.4 Å². The van der Waals surface area contributed by atoms with Crippen LogP contribution in [-0.4, -0.2) is 39.8 Å². The van der Waals surface area contributed by atoms with E-state index in [1.54, 1.807) is 7.11 Å². The van der Waals surface area contributed by atoms with Crippen LogP contribution in [0.25, 0.3) is 5.69 Å². The SMILES string of the molecule is COCCN1C(=S)NC(c2ccccn2)C1c1cc(C)n(-c2c(C)cccc2C)c1C. The van der Waals surface area contributed by atoms with Gasteiger partial charge in [-0.15, -0.1) is 0 Å². The summed E-state index contributed by atoms with van der Waals surface area (Å²) in [5.41, 5.74) is 8.50. The third-order valence-electron chi connectivity index (χ3n) is 6.19. The molecule has 1 aliphatic heterocycles. The van der Waals surface area contributed by atoms with E-state index in [2.05, 4.69) is 77.8 Å². The lowest BCUT2D eigenvalue weighted by Crippen LogP contribution is -2.32. The van der Waals surface area contributed by atoms with E-state index in [1.807, 2.05) is 18.3 Å². The van der Waals surface area contributed by atoms with E-state index in [1.165, 1.54) is 33.8 Å². The minimum atomic E-state index is -0.0162. The molecular formula is C25H30N4OS. The summed E-state index contributed by atoms with van der Waals surface area (Å²) in [5.74, 6) is 0. The normalized spacial score (nSPS) is 18.5. The molecule has 2 atom stereocenters. The Morgan fingerprint density at radius 2 is 1.81 bits per heavy atom. The highest BCUT2D eigenvalue weighted by atomic mass is 32.1. The molecule has 1 aromatic carbocycles. The molecule has 2 aromatic heterocycles. The lowest BCUT2D eigenvalue weighted by molar-refractivity contribution is 0.164. The minimum absolute atomic E-state index is 0.0162. The summed E-state index contributed by atoms with van der Waals surface area (Å²) >= 11 is 5.75. The van der Waals surface area contributed by atoms with Gasteiger partial charge in [-0.3, -0.25) is 4.98 Å². The molecular weight excluding hydrogens is 404 g/mol. The molecule has 1 saturated heterocycles. The molecule has 4 rings (SSSR count). The highest BCUT2D eigenvalue weighted by Gasteiger charge is 2.41. The van der Waals surface area contributed by atoms with Crippen LogP contribution < -0.4 is 5.32 Å². The number of nitrogens with one attached hydrogen (secondary N) is 1. The van der Waals surface area contributed by atoms with Crippen LogP contribution in [0.4, 0.5) is 0 Å². The molecule has 2 unspecified atom stereocenters. The smallest absolute Gasteiger partial charge is 0.170 e.